The van der Waals surface area contributed by atoms with Crippen LogP contribution in [0.1, 0.15) is 11.1 Å². The molecule has 24 heavy (non-hydrogen) atoms. The lowest BCUT2D eigenvalue weighted by Crippen LogP contribution is -2.19. The molecule has 0 aliphatic carbocycles. The number of aromatic hydroxyl groups is 1. The third-order valence-corrected chi connectivity index (χ3v) is 4.58. The summed E-state index contributed by atoms with van der Waals surface area (Å²) in [4.78, 5) is -1.98. The summed E-state index contributed by atoms with van der Waals surface area (Å²) in [5.74, 6) is -12.3. The second-order valence-corrected chi connectivity index (χ2v) is 6.58. The van der Waals surface area contributed by atoms with Crippen LogP contribution < -0.4 is 4.72 Å². The predicted octanol–water partition coefficient (Wildman–Crippen LogP) is 3.51. The van der Waals surface area contributed by atoms with Crippen molar-refractivity contribution < 1.29 is 35.5 Å². The number of nitrogens with one attached hydrogen (secondary N) is 1. The Morgan fingerprint density at radius 3 is 1.62 bits per heavy atom. The van der Waals surface area contributed by atoms with Crippen molar-refractivity contribution in [3.63, 3.8) is 0 Å². The first-order chi connectivity index (χ1) is 11.0. The Labute approximate surface area is 133 Å². The van der Waals surface area contributed by atoms with Crippen molar-refractivity contribution in [1.82, 2.24) is 0 Å². The van der Waals surface area contributed by atoms with Crippen molar-refractivity contribution in [2.75, 3.05) is 4.72 Å². The second-order valence-electron chi connectivity index (χ2n) is 4.96. The molecule has 0 aromatic heterocycles. The van der Waals surface area contributed by atoms with E-state index in [-0.39, 0.29) is 22.6 Å². The first-order valence-electron chi connectivity index (χ1n) is 6.31. The monoisotopic (exact) mass is 367 g/mol. The van der Waals surface area contributed by atoms with E-state index in [4.69, 9.17) is 0 Å². The summed E-state index contributed by atoms with van der Waals surface area (Å²) in [5.41, 5.74) is 0.266. The van der Waals surface area contributed by atoms with E-state index in [1.165, 1.54) is 13.8 Å². The van der Waals surface area contributed by atoms with Crippen molar-refractivity contribution in [3.05, 3.63) is 52.3 Å². The average Bonchev–Trinajstić information content (AvgIpc) is 2.48. The molecular formula is C14H10F5NO3S. The Balaban J connectivity index is 2.61. The van der Waals surface area contributed by atoms with Crippen molar-refractivity contribution in [2.45, 2.75) is 18.7 Å². The van der Waals surface area contributed by atoms with Crippen molar-refractivity contribution in [2.24, 2.45) is 0 Å². The maximum atomic E-state index is 13.6. The SMILES string of the molecule is Cc1cc(NS(=O)(=O)c2c(F)c(F)c(F)c(F)c2F)cc(C)c1O. The Hall–Kier alpha value is -2.36. The second kappa shape index (κ2) is 5.93. The van der Waals surface area contributed by atoms with E-state index < -0.39 is 44.0 Å². The van der Waals surface area contributed by atoms with Crippen molar-refractivity contribution in [1.29, 1.82) is 0 Å². The van der Waals surface area contributed by atoms with Gasteiger partial charge in [-0.1, -0.05) is 0 Å². The number of phenols is 1. The maximum absolute atomic E-state index is 13.6. The molecule has 0 bridgehead atoms. The summed E-state index contributed by atoms with van der Waals surface area (Å²) in [7, 11) is -5.11. The quantitative estimate of drug-likeness (QED) is 0.378. The van der Waals surface area contributed by atoms with Gasteiger partial charge in [-0.25, -0.2) is 30.4 Å². The molecule has 2 N–H and O–H groups in total. The standard InChI is InChI=1S/C14H10F5NO3S/c1-5-3-7(4-6(2)13(5)21)20-24(22,23)14-11(18)9(16)8(15)10(17)12(14)19/h3-4,20-21H,1-2H3. The number of sulfonamides is 1. The number of hydrogen-bond acceptors (Lipinski definition) is 3. The van der Waals surface area contributed by atoms with Crippen LogP contribution in [-0.4, -0.2) is 13.5 Å². The third-order valence-electron chi connectivity index (χ3n) is 3.18. The molecule has 4 nitrogen and oxygen atoms in total. The van der Waals surface area contributed by atoms with Gasteiger partial charge in [-0.15, -0.1) is 0 Å². The van der Waals surface area contributed by atoms with Crippen LogP contribution in [0.15, 0.2) is 17.0 Å². The lowest BCUT2D eigenvalue weighted by Gasteiger charge is -2.13. The normalized spacial score (nSPS) is 11.6. The van der Waals surface area contributed by atoms with Crippen LogP contribution in [-0.2, 0) is 10.0 Å². The fourth-order valence-electron chi connectivity index (χ4n) is 2.04. The number of halogens is 5. The molecule has 0 spiro atoms. The molecule has 0 heterocycles. The van der Waals surface area contributed by atoms with Gasteiger partial charge in [0.15, 0.2) is 28.2 Å². The zero-order chi connectivity index (χ0) is 18.4. The van der Waals surface area contributed by atoms with Gasteiger partial charge in [0.1, 0.15) is 5.75 Å². The zero-order valence-corrected chi connectivity index (χ0v) is 13.0. The molecule has 0 saturated carbocycles. The highest BCUT2D eigenvalue weighted by molar-refractivity contribution is 7.92. The number of anilines is 1. The number of aryl methyl sites for hydroxylation is 2. The zero-order valence-electron chi connectivity index (χ0n) is 12.2. The molecule has 0 aliphatic heterocycles. The van der Waals surface area contributed by atoms with Crippen LogP contribution in [0.25, 0.3) is 0 Å². The van der Waals surface area contributed by atoms with Gasteiger partial charge in [-0.3, -0.25) is 4.72 Å². The predicted molar refractivity (Wildman–Crippen MR) is 74.6 cm³/mol. The molecule has 2 rings (SSSR count). The summed E-state index contributed by atoms with van der Waals surface area (Å²) < 4.78 is 92.5. The molecular weight excluding hydrogens is 357 g/mol. The van der Waals surface area contributed by atoms with Gasteiger partial charge in [0, 0.05) is 5.69 Å². The topological polar surface area (TPSA) is 66.4 Å². The minimum absolute atomic E-state index is 0.130. The molecule has 0 fully saturated rings. The van der Waals surface area contributed by atoms with Gasteiger partial charge in [-0.05, 0) is 37.1 Å². The van der Waals surface area contributed by atoms with E-state index in [2.05, 4.69) is 0 Å². The van der Waals surface area contributed by atoms with E-state index in [1.54, 1.807) is 4.72 Å². The molecule has 0 amide bonds. The number of phenolic OH excluding ortho intramolecular Hbond substituents is 1. The van der Waals surface area contributed by atoms with E-state index in [0.29, 0.717) is 0 Å². The molecule has 2 aromatic carbocycles. The molecule has 0 atom stereocenters. The molecule has 0 radical (unpaired) electrons. The maximum Gasteiger partial charge on any atom is 0.267 e. The number of hydrogen-bond donors (Lipinski definition) is 2. The van der Waals surface area contributed by atoms with E-state index >= 15 is 0 Å². The van der Waals surface area contributed by atoms with Crippen molar-refractivity contribution in [3.8, 4) is 5.75 Å². The van der Waals surface area contributed by atoms with Gasteiger partial charge in [0.2, 0.25) is 5.82 Å². The molecule has 130 valence electrons. The summed E-state index contributed by atoms with van der Waals surface area (Å²) in [6, 6.07) is 2.26. The lowest BCUT2D eigenvalue weighted by molar-refractivity contribution is 0.358. The molecule has 0 aliphatic rings. The first-order valence-corrected chi connectivity index (χ1v) is 7.80. The Kier molecular flexibility index (Phi) is 4.44. The minimum atomic E-state index is -5.11. The van der Waals surface area contributed by atoms with E-state index in [0.717, 1.165) is 12.1 Å². The van der Waals surface area contributed by atoms with Gasteiger partial charge in [0.05, 0.1) is 0 Å². The number of benzene rings is 2. The van der Waals surface area contributed by atoms with Gasteiger partial charge in [-0.2, -0.15) is 0 Å². The largest absolute Gasteiger partial charge is 0.507 e. The Bertz CT molecular complexity index is 892. The molecule has 10 heteroatoms. The van der Waals surface area contributed by atoms with Crippen LogP contribution in [0.2, 0.25) is 0 Å². The lowest BCUT2D eigenvalue weighted by atomic mass is 10.1. The summed E-state index contributed by atoms with van der Waals surface area (Å²) in [6.07, 6.45) is 0. The fraction of sp³-hybridized carbons (Fsp3) is 0.143. The van der Waals surface area contributed by atoms with Gasteiger partial charge < -0.3 is 5.11 Å². The van der Waals surface area contributed by atoms with Crippen LogP contribution in [0, 0.1) is 42.9 Å². The van der Waals surface area contributed by atoms with Crippen molar-refractivity contribution >= 4 is 15.7 Å². The fourth-order valence-corrected chi connectivity index (χ4v) is 3.22. The number of rotatable bonds is 3. The first kappa shape index (κ1) is 18.0. The molecule has 2 aromatic rings. The highest BCUT2D eigenvalue weighted by Gasteiger charge is 2.33. The Morgan fingerprint density at radius 1 is 0.833 bits per heavy atom. The van der Waals surface area contributed by atoms with Crippen LogP contribution >= 0.6 is 0 Å². The van der Waals surface area contributed by atoms with Gasteiger partial charge >= 0.3 is 0 Å². The van der Waals surface area contributed by atoms with Crippen LogP contribution in [0.3, 0.4) is 0 Å². The van der Waals surface area contributed by atoms with Crippen LogP contribution in [0.4, 0.5) is 27.6 Å². The summed E-state index contributed by atoms with van der Waals surface area (Å²) in [5, 5.41) is 9.60. The minimum Gasteiger partial charge on any atom is -0.507 e. The van der Waals surface area contributed by atoms with Gasteiger partial charge in [0.25, 0.3) is 10.0 Å². The average molecular weight is 367 g/mol. The van der Waals surface area contributed by atoms with E-state index in [1.807, 2.05) is 0 Å². The Morgan fingerprint density at radius 2 is 1.21 bits per heavy atom. The molecule has 0 unspecified atom stereocenters. The smallest absolute Gasteiger partial charge is 0.267 e. The highest BCUT2D eigenvalue weighted by atomic mass is 32.2. The summed E-state index contributed by atoms with van der Waals surface area (Å²) in [6.45, 7) is 2.86. The summed E-state index contributed by atoms with van der Waals surface area (Å²) >= 11 is 0. The highest BCUT2D eigenvalue weighted by Crippen LogP contribution is 2.30. The van der Waals surface area contributed by atoms with Crippen LogP contribution in [0.5, 0.6) is 5.75 Å². The molecule has 0 saturated heterocycles. The van der Waals surface area contributed by atoms with E-state index in [9.17, 15) is 35.5 Å². The third kappa shape index (κ3) is 2.88.